The number of thiophene rings is 1. The van der Waals surface area contributed by atoms with Gasteiger partial charge in [0.15, 0.2) is 10.7 Å². The summed E-state index contributed by atoms with van der Waals surface area (Å²) in [7, 11) is 1.84. The Bertz CT molecular complexity index is 603. The van der Waals surface area contributed by atoms with Crippen molar-refractivity contribution in [2.45, 2.75) is 26.9 Å². The summed E-state index contributed by atoms with van der Waals surface area (Å²) in [4.78, 5) is 12.4. The Morgan fingerprint density at radius 3 is 2.79 bits per heavy atom. The molecule has 0 fully saturated rings. The first-order valence-electron chi connectivity index (χ1n) is 5.86. The van der Waals surface area contributed by atoms with Crippen LogP contribution in [0.1, 0.15) is 33.1 Å². The van der Waals surface area contributed by atoms with E-state index in [1.165, 1.54) is 11.3 Å². The zero-order chi connectivity index (χ0) is 14.0. The summed E-state index contributed by atoms with van der Waals surface area (Å²) in [5.41, 5.74) is 0. The van der Waals surface area contributed by atoms with E-state index in [-0.39, 0.29) is 11.5 Å². The number of aromatic nitrogens is 3. The van der Waals surface area contributed by atoms with E-state index >= 15 is 0 Å². The summed E-state index contributed by atoms with van der Waals surface area (Å²) in [6.45, 7) is 4.03. The lowest BCUT2D eigenvalue weighted by atomic mass is 10.3. The van der Waals surface area contributed by atoms with Gasteiger partial charge in [0.1, 0.15) is 18.2 Å². The molecule has 2 aromatic heterocycles. The SMILES string of the molecule is CCc1cc(OCc2nnc(C)n2C)c(C(=O)O)s1. The Morgan fingerprint density at radius 2 is 2.26 bits per heavy atom. The van der Waals surface area contributed by atoms with E-state index < -0.39 is 5.97 Å². The van der Waals surface area contributed by atoms with Crippen LogP contribution in [-0.2, 0) is 20.1 Å². The first-order valence-corrected chi connectivity index (χ1v) is 6.68. The molecular formula is C12H15N3O3S. The molecule has 19 heavy (non-hydrogen) atoms. The molecule has 0 aliphatic carbocycles. The second kappa shape index (κ2) is 5.40. The van der Waals surface area contributed by atoms with Crippen molar-refractivity contribution in [3.05, 3.63) is 27.5 Å². The van der Waals surface area contributed by atoms with E-state index in [9.17, 15) is 4.79 Å². The number of carboxylic acid groups (broad SMARTS) is 1. The molecule has 2 heterocycles. The number of nitrogens with zero attached hydrogens (tertiary/aromatic N) is 3. The molecule has 0 aliphatic heterocycles. The van der Waals surface area contributed by atoms with Gasteiger partial charge in [-0.2, -0.15) is 0 Å². The molecule has 0 atom stereocenters. The molecule has 7 heteroatoms. The second-order valence-electron chi connectivity index (χ2n) is 4.08. The summed E-state index contributed by atoms with van der Waals surface area (Å²) in [6.07, 6.45) is 0.789. The van der Waals surface area contributed by atoms with Gasteiger partial charge in [-0.15, -0.1) is 21.5 Å². The minimum absolute atomic E-state index is 0.206. The van der Waals surface area contributed by atoms with Crippen LogP contribution in [0.4, 0.5) is 0 Å². The number of rotatable bonds is 5. The summed E-state index contributed by atoms with van der Waals surface area (Å²) in [6, 6.07) is 1.78. The van der Waals surface area contributed by atoms with E-state index in [4.69, 9.17) is 9.84 Å². The quantitative estimate of drug-likeness (QED) is 0.907. The van der Waals surface area contributed by atoms with Crippen LogP contribution in [0.2, 0.25) is 0 Å². The number of carboxylic acids is 1. The number of ether oxygens (including phenoxy) is 1. The van der Waals surface area contributed by atoms with E-state index in [1.807, 2.05) is 25.5 Å². The molecule has 2 aromatic rings. The van der Waals surface area contributed by atoms with Crippen molar-refractivity contribution in [2.75, 3.05) is 0 Å². The Balaban J connectivity index is 2.17. The predicted molar refractivity (Wildman–Crippen MR) is 70.7 cm³/mol. The third-order valence-electron chi connectivity index (χ3n) is 2.83. The van der Waals surface area contributed by atoms with Gasteiger partial charge < -0.3 is 14.4 Å². The van der Waals surface area contributed by atoms with Crippen LogP contribution in [0.3, 0.4) is 0 Å². The summed E-state index contributed by atoms with van der Waals surface area (Å²) in [5.74, 6) is 0.888. The van der Waals surface area contributed by atoms with Crippen LogP contribution in [0.25, 0.3) is 0 Å². The maximum absolute atomic E-state index is 11.1. The normalized spacial score (nSPS) is 10.7. The highest BCUT2D eigenvalue weighted by molar-refractivity contribution is 7.14. The first kappa shape index (κ1) is 13.5. The third kappa shape index (κ3) is 2.76. The van der Waals surface area contributed by atoms with Crippen LogP contribution in [0.5, 0.6) is 5.75 Å². The van der Waals surface area contributed by atoms with Gasteiger partial charge in [0.25, 0.3) is 0 Å². The van der Waals surface area contributed by atoms with Crippen LogP contribution >= 0.6 is 11.3 Å². The van der Waals surface area contributed by atoms with Gasteiger partial charge in [0.05, 0.1) is 0 Å². The lowest BCUT2D eigenvalue weighted by molar-refractivity contribution is 0.0697. The van der Waals surface area contributed by atoms with Crippen molar-refractivity contribution in [1.82, 2.24) is 14.8 Å². The number of aryl methyl sites for hydroxylation is 2. The average molecular weight is 281 g/mol. The van der Waals surface area contributed by atoms with Gasteiger partial charge >= 0.3 is 5.97 Å². The Labute approximate surface area is 114 Å². The maximum Gasteiger partial charge on any atom is 0.349 e. The smallest absolute Gasteiger partial charge is 0.349 e. The minimum atomic E-state index is -0.964. The highest BCUT2D eigenvalue weighted by Crippen LogP contribution is 2.30. The van der Waals surface area contributed by atoms with E-state index in [1.54, 1.807) is 6.07 Å². The fraction of sp³-hybridized carbons (Fsp3) is 0.417. The minimum Gasteiger partial charge on any atom is -0.484 e. The molecule has 2 rings (SSSR count). The lowest BCUT2D eigenvalue weighted by Crippen LogP contribution is -2.05. The molecular weight excluding hydrogens is 266 g/mol. The van der Waals surface area contributed by atoms with Crippen molar-refractivity contribution in [3.63, 3.8) is 0 Å². The highest BCUT2D eigenvalue weighted by Gasteiger charge is 2.17. The monoisotopic (exact) mass is 281 g/mol. The lowest BCUT2D eigenvalue weighted by Gasteiger charge is -2.05. The number of carbonyl (C=O) groups is 1. The largest absolute Gasteiger partial charge is 0.484 e. The van der Waals surface area contributed by atoms with Crippen molar-refractivity contribution in [2.24, 2.45) is 7.05 Å². The molecule has 0 spiro atoms. The highest BCUT2D eigenvalue weighted by atomic mass is 32.1. The average Bonchev–Trinajstić information content (AvgIpc) is 2.93. The molecule has 0 unspecified atom stereocenters. The third-order valence-corrected chi connectivity index (χ3v) is 4.08. The van der Waals surface area contributed by atoms with Crippen LogP contribution < -0.4 is 4.74 Å². The van der Waals surface area contributed by atoms with E-state index in [0.29, 0.717) is 11.6 Å². The standard InChI is InChI=1S/C12H15N3O3S/c1-4-8-5-9(11(19-8)12(16)17)18-6-10-14-13-7(2)15(10)3/h5H,4,6H2,1-3H3,(H,16,17). The number of aromatic carboxylic acids is 1. The predicted octanol–water partition coefficient (Wildman–Crippen LogP) is 2.02. The second-order valence-corrected chi connectivity index (χ2v) is 5.21. The molecule has 0 aliphatic rings. The van der Waals surface area contributed by atoms with Crippen molar-refractivity contribution < 1.29 is 14.6 Å². The molecule has 0 radical (unpaired) electrons. The first-order chi connectivity index (χ1) is 9.02. The van der Waals surface area contributed by atoms with Gasteiger partial charge in [-0.1, -0.05) is 6.92 Å². The fourth-order valence-corrected chi connectivity index (χ4v) is 2.45. The molecule has 0 saturated heterocycles. The Kier molecular flexibility index (Phi) is 3.84. The molecule has 0 aromatic carbocycles. The summed E-state index contributed by atoms with van der Waals surface area (Å²) in [5, 5.41) is 17.0. The van der Waals surface area contributed by atoms with E-state index in [2.05, 4.69) is 10.2 Å². The Morgan fingerprint density at radius 1 is 1.53 bits per heavy atom. The van der Waals surface area contributed by atoms with Crippen molar-refractivity contribution in [1.29, 1.82) is 0 Å². The molecule has 0 bridgehead atoms. The number of hydrogen-bond donors (Lipinski definition) is 1. The van der Waals surface area contributed by atoms with Crippen LogP contribution in [-0.4, -0.2) is 25.8 Å². The van der Waals surface area contributed by atoms with Gasteiger partial charge in [-0.25, -0.2) is 4.79 Å². The van der Waals surface area contributed by atoms with Gasteiger partial charge in [-0.05, 0) is 19.4 Å². The van der Waals surface area contributed by atoms with Crippen molar-refractivity contribution in [3.8, 4) is 5.75 Å². The molecule has 6 nitrogen and oxygen atoms in total. The number of hydrogen-bond acceptors (Lipinski definition) is 5. The maximum atomic E-state index is 11.1. The zero-order valence-electron chi connectivity index (χ0n) is 11.0. The summed E-state index contributed by atoms with van der Waals surface area (Å²) >= 11 is 1.24. The fourth-order valence-electron chi connectivity index (χ4n) is 1.57. The van der Waals surface area contributed by atoms with Crippen LogP contribution in [0, 0.1) is 6.92 Å². The molecule has 0 saturated carbocycles. The van der Waals surface area contributed by atoms with Crippen LogP contribution in [0.15, 0.2) is 6.07 Å². The van der Waals surface area contributed by atoms with Crippen molar-refractivity contribution >= 4 is 17.3 Å². The molecule has 102 valence electrons. The van der Waals surface area contributed by atoms with E-state index in [0.717, 1.165) is 17.1 Å². The zero-order valence-corrected chi connectivity index (χ0v) is 11.8. The molecule has 0 amide bonds. The molecule has 1 N–H and O–H groups in total. The van der Waals surface area contributed by atoms with Gasteiger partial charge in [-0.3, -0.25) is 0 Å². The van der Waals surface area contributed by atoms with Gasteiger partial charge in [0.2, 0.25) is 0 Å². The summed E-state index contributed by atoms with van der Waals surface area (Å²) < 4.78 is 7.38. The topological polar surface area (TPSA) is 77.2 Å². The van der Waals surface area contributed by atoms with Gasteiger partial charge in [0, 0.05) is 11.9 Å². The Hall–Kier alpha value is -1.89.